The van der Waals surface area contributed by atoms with Gasteiger partial charge < -0.3 is 5.32 Å². The number of carbonyl (C=O) groups is 1. The summed E-state index contributed by atoms with van der Waals surface area (Å²) in [6.45, 7) is 1.05. The van der Waals surface area contributed by atoms with Gasteiger partial charge in [-0.15, -0.1) is 11.3 Å². The maximum atomic E-state index is 11.7. The standard InChI is InChI=1S/C11H9NOS/c13-8-3-9-11(4-6(11)5-12-9)7-1-2-14-10(7)8/h1-3,6,12H,4-5H2. The Hall–Kier alpha value is -1.09. The number of ketones is 1. The van der Waals surface area contributed by atoms with Crippen LogP contribution in [0.15, 0.2) is 23.2 Å². The normalized spacial score (nSPS) is 36.7. The molecule has 0 bridgehead atoms. The van der Waals surface area contributed by atoms with Crippen LogP contribution in [0.25, 0.3) is 0 Å². The molecule has 14 heavy (non-hydrogen) atoms. The van der Waals surface area contributed by atoms with Crippen molar-refractivity contribution in [3.63, 3.8) is 0 Å². The van der Waals surface area contributed by atoms with Crippen molar-refractivity contribution in [2.24, 2.45) is 5.92 Å². The Balaban J connectivity index is 2.05. The summed E-state index contributed by atoms with van der Waals surface area (Å²) < 4.78 is 0. The minimum absolute atomic E-state index is 0.190. The van der Waals surface area contributed by atoms with Crippen molar-refractivity contribution in [3.05, 3.63) is 33.7 Å². The number of rotatable bonds is 0. The lowest BCUT2D eigenvalue weighted by Gasteiger charge is -2.20. The van der Waals surface area contributed by atoms with E-state index >= 15 is 0 Å². The van der Waals surface area contributed by atoms with Gasteiger partial charge in [0, 0.05) is 23.7 Å². The third-order valence-corrected chi connectivity index (χ3v) is 4.70. The molecule has 2 fully saturated rings. The van der Waals surface area contributed by atoms with Gasteiger partial charge in [-0.05, 0) is 29.3 Å². The molecule has 2 atom stereocenters. The fourth-order valence-electron chi connectivity index (χ4n) is 3.00. The molecule has 0 amide bonds. The molecule has 1 spiro atoms. The summed E-state index contributed by atoms with van der Waals surface area (Å²) in [6, 6.07) is 2.14. The quantitative estimate of drug-likeness (QED) is 0.695. The summed E-state index contributed by atoms with van der Waals surface area (Å²) >= 11 is 1.59. The lowest BCUT2D eigenvalue weighted by molar-refractivity contribution is 0.104. The van der Waals surface area contributed by atoms with Gasteiger partial charge in [0.05, 0.1) is 4.88 Å². The minimum Gasteiger partial charge on any atom is -0.387 e. The van der Waals surface area contributed by atoms with E-state index in [1.807, 2.05) is 11.5 Å². The van der Waals surface area contributed by atoms with Crippen LogP contribution in [-0.2, 0) is 5.41 Å². The molecular weight excluding hydrogens is 194 g/mol. The zero-order valence-corrected chi connectivity index (χ0v) is 8.36. The second-order valence-corrected chi connectivity index (χ2v) is 5.26. The Morgan fingerprint density at radius 3 is 3.36 bits per heavy atom. The number of hydrogen-bond donors (Lipinski definition) is 1. The molecule has 1 saturated heterocycles. The van der Waals surface area contributed by atoms with Gasteiger partial charge in [-0.2, -0.15) is 0 Å². The molecule has 1 aromatic heterocycles. The SMILES string of the molecule is O=C1C=C2NCC3CC23c2ccsc21. The Labute approximate surface area is 85.6 Å². The largest absolute Gasteiger partial charge is 0.387 e. The monoisotopic (exact) mass is 203 g/mol. The third kappa shape index (κ3) is 0.582. The van der Waals surface area contributed by atoms with Crippen molar-refractivity contribution < 1.29 is 4.79 Å². The second kappa shape index (κ2) is 1.96. The van der Waals surface area contributed by atoms with Gasteiger partial charge in [-0.25, -0.2) is 0 Å². The molecule has 1 aromatic rings. The smallest absolute Gasteiger partial charge is 0.197 e. The topological polar surface area (TPSA) is 29.1 Å². The fraction of sp³-hybridized carbons (Fsp3) is 0.364. The molecule has 4 rings (SSSR count). The minimum atomic E-state index is 0.190. The number of allylic oxidation sites excluding steroid dienone is 2. The molecular formula is C11H9NOS. The molecule has 1 saturated carbocycles. The first-order valence-electron chi connectivity index (χ1n) is 4.91. The average Bonchev–Trinajstić information content (AvgIpc) is 2.62. The average molecular weight is 203 g/mol. The van der Waals surface area contributed by atoms with Crippen molar-refractivity contribution in [1.82, 2.24) is 5.32 Å². The first-order chi connectivity index (χ1) is 6.82. The predicted molar refractivity (Wildman–Crippen MR) is 54.5 cm³/mol. The van der Waals surface area contributed by atoms with E-state index in [4.69, 9.17) is 0 Å². The van der Waals surface area contributed by atoms with Crippen LogP contribution in [-0.4, -0.2) is 12.3 Å². The highest BCUT2D eigenvalue weighted by Crippen LogP contribution is 2.64. The first-order valence-corrected chi connectivity index (χ1v) is 5.79. The zero-order valence-electron chi connectivity index (χ0n) is 7.54. The van der Waals surface area contributed by atoms with Crippen LogP contribution in [0.1, 0.15) is 21.7 Å². The molecule has 0 aromatic carbocycles. The van der Waals surface area contributed by atoms with E-state index in [-0.39, 0.29) is 11.2 Å². The van der Waals surface area contributed by atoms with Gasteiger partial charge in [0.2, 0.25) is 0 Å². The van der Waals surface area contributed by atoms with Gasteiger partial charge in [0.1, 0.15) is 0 Å². The maximum absolute atomic E-state index is 11.7. The summed E-state index contributed by atoms with van der Waals surface area (Å²) in [4.78, 5) is 12.7. The fourth-order valence-corrected chi connectivity index (χ4v) is 3.89. The predicted octanol–water partition coefficient (Wildman–Crippen LogP) is 1.69. The Bertz CT molecular complexity index is 487. The highest BCUT2D eigenvalue weighted by atomic mass is 32.1. The van der Waals surface area contributed by atoms with Crippen LogP contribution < -0.4 is 5.32 Å². The van der Waals surface area contributed by atoms with Crippen LogP contribution in [0.5, 0.6) is 0 Å². The molecule has 3 heteroatoms. The van der Waals surface area contributed by atoms with E-state index in [0.29, 0.717) is 0 Å². The van der Waals surface area contributed by atoms with Gasteiger partial charge in [-0.3, -0.25) is 4.79 Å². The van der Waals surface area contributed by atoms with E-state index in [9.17, 15) is 4.79 Å². The molecule has 2 unspecified atom stereocenters. The molecule has 0 radical (unpaired) electrons. The molecule has 2 aliphatic carbocycles. The van der Waals surface area contributed by atoms with Gasteiger partial charge in [0.25, 0.3) is 0 Å². The molecule has 2 nitrogen and oxygen atoms in total. The number of thiophene rings is 1. The van der Waals surface area contributed by atoms with E-state index in [0.717, 1.165) is 17.3 Å². The maximum Gasteiger partial charge on any atom is 0.197 e. The van der Waals surface area contributed by atoms with E-state index < -0.39 is 0 Å². The Kier molecular flexibility index (Phi) is 1.01. The lowest BCUT2D eigenvalue weighted by atomic mass is 9.87. The summed E-state index contributed by atoms with van der Waals surface area (Å²) in [5.74, 6) is 0.936. The Morgan fingerprint density at radius 2 is 2.50 bits per heavy atom. The summed E-state index contributed by atoms with van der Waals surface area (Å²) in [6.07, 6.45) is 3.05. The molecule has 1 aliphatic heterocycles. The molecule has 3 aliphatic rings. The highest BCUT2D eigenvalue weighted by Gasteiger charge is 2.64. The number of hydrogen-bond acceptors (Lipinski definition) is 3. The molecule has 70 valence electrons. The van der Waals surface area contributed by atoms with Crippen molar-refractivity contribution in [3.8, 4) is 0 Å². The van der Waals surface area contributed by atoms with Crippen LogP contribution in [0.3, 0.4) is 0 Å². The van der Waals surface area contributed by atoms with E-state index in [2.05, 4.69) is 11.4 Å². The number of piperidine rings is 1. The number of nitrogens with one attached hydrogen (secondary N) is 1. The Morgan fingerprint density at radius 1 is 1.57 bits per heavy atom. The number of carbonyl (C=O) groups excluding carboxylic acids is 1. The summed E-state index contributed by atoms with van der Waals surface area (Å²) in [7, 11) is 0. The van der Waals surface area contributed by atoms with Gasteiger partial charge >= 0.3 is 0 Å². The van der Waals surface area contributed by atoms with Crippen LogP contribution in [0.4, 0.5) is 0 Å². The molecule has 2 heterocycles. The van der Waals surface area contributed by atoms with Crippen molar-refractivity contribution >= 4 is 17.1 Å². The van der Waals surface area contributed by atoms with Gasteiger partial charge in [-0.1, -0.05) is 0 Å². The third-order valence-electron chi connectivity index (χ3n) is 3.77. The molecule has 1 N–H and O–H groups in total. The van der Waals surface area contributed by atoms with Crippen molar-refractivity contribution in [2.75, 3.05) is 6.54 Å². The van der Waals surface area contributed by atoms with Crippen molar-refractivity contribution in [1.29, 1.82) is 0 Å². The summed E-state index contributed by atoms with van der Waals surface area (Å²) in [5, 5.41) is 5.40. The van der Waals surface area contributed by atoms with Crippen molar-refractivity contribution in [2.45, 2.75) is 11.8 Å². The first kappa shape index (κ1) is 7.23. The van der Waals surface area contributed by atoms with Crippen LogP contribution >= 0.6 is 11.3 Å². The number of fused-ring (bicyclic) bond motifs is 1. The lowest BCUT2D eigenvalue weighted by Crippen LogP contribution is -2.23. The van der Waals surface area contributed by atoms with E-state index in [1.165, 1.54) is 17.7 Å². The van der Waals surface area contributed by atoms with Gasteiger partial charge in [0.15, 0.2) is 5.78 Å². The van der Waals surface area contributed by atoms with E-state index in [1.54, 1.807) is 11.3 Å². The summed E-state index contributed by atoms with van der Waals surface area (Å²) in [5.41, 5.74) is 2.71. The highest BCUT2D eigenvalue weighted by molar-refractivity contribution is 7.12. The van der Waals surface area contributed by atoms with Crippen LogP contribution in [0.2, 0.25) is 0 Å². The second-order valence-electron chi connectivity index (χ2n) is 4.34. The van der Waals surface area contributed by atoms with Crippen LogP contribution in [0, 0.1) is 5.92 Å². The zero-order chi connectivity index (χ0) is 9.34.